The van der Waals surface area contributed by atoms with Gasteiger partial charge in [0.2, 0.25) is 0 Å². The monoisotopic (exact) mass is 213 g/mol. The highest BCUT2D eigenvalue weighted by Gasteiger charge is 2.30. The van der Waals surface area contributed by atoms with E-state index in [4.69, 9.17) is 0 Å². The quantitative estimate of drug-likeness (QED) is 0.604. The smallest absolute Gasteiger partial charge is 0.0693 e. The Hall–Kier alpha value is -0.120. The average Bonchev–Trinajstić information content (AvgIpc) is 2.50. The molecule has 88 valence electrons. The molecule has 3 heteroatoms. The molecule has 3 nitrogen and oxygen atoms in total. The number of aliphatic hydroxyl groups excluding tert-OH is 2. The number of aliphatic hydroxyl groups is 2. The van der Waals surface area contributed by atoms with E-state index in [-0.39, 0.29) is 24.3 Å². The van der Waals surface area contributed by atoms with Crippen molar-refractivity contribution in [1.29, 1.82) is 0 Å². The summed E-state index contributed by atoms with van der Waals surface area (Å²) >= 11 is 0. The van der Waals surface area contributed by atoms with Crippen molar-refractivity contribution in [2.45, 2.75) is 75.7 Å². The molecule has 0 aromatic rings. The highest BCUT2D eigenvalue weighted by molar-refractivity contribution is 4.88. The van der Waals surface area contributed by atoms with E-state index in [0.29, 0.717) is 0 Å². The van der Waals surface area contributed by atoms with Gasteiger partial charge in [-0.05, 0) is 32.1 Å². The molecule has 0 spiro atoms. The average molecular weight is 213 g/mol. The zero-order valence-electron chi connectivity index (χ0n) is 9.36. The summed E-state index contributed by atoms with van der Waals surface area (Å²) in [5.41, 5.74) is 0. The normalized spacial score (nSPS) is 42.8. The van der Waals surface area contributed by atoms with E-state index in [1.807, 2.05) is 0 Å². The summed E-state index contributed by atoms with van der Waals surface area (Å²) in [6.07, 6.45) is 8.25. The van der Waals surface area contributed by atoms with Gasteiger partial charge in [0.1, 0.15) is 0 Å². The van der Waals surface area contributed by atoms with Gasteiger partial charge in [0.25, 0.3) is 0 Å². The molecule has 2 rings (SSSR count). The first-order valence-electron chi connectivity index (χ1n) is 6.39. The second kappa shape index (κ2) is 5.28. The van der Waals surface area contributed by atoms with Crippen molar-refractivity contribution in [3.05, 3.63) is 0 Å². The van der Waals surface area contributed by atoms with E-state index in [0.717, 1.165) is 38.5 Å². The highest BCUT2D eigenvalue weighted by atomic mass is 16.3. The first-order chi connectivity index (χ1) is 7.27. The maximum atomic E-state index is 9.95. The SMILES string of the molecule is OC1CCCCCC1N[C@H]1CCC[C@@H]1O. The van der Waals surface area contributed by atoms with Gasteiger partial charge in [-0.3, -0.25) is 0 Å². The Balaban J connectivity index is 1.85. The molecule has 0 saturated heterocycles. The van der Waals surface area contributed by atoms with Crippen LogP contribution in [0.15, 0.2) is 0 Å². The molecule has 0 aromatic carbocycles. The minimum Gasteiger partial charge on any atom is -0.392 e. The molecule has 15 heavy (non-hydrogen) atoms. The van der Waals surface area contributed by atoms with Crippen molar-refractivity contribution in [3.8, 4) is 0 Å². The van der Waals surface area contributed by atoms with Crippen LogP contribution in [0.3, 0.4) is 0 Å². The molecule has 0 radical (unpaired) electrons. The van der Waals surface area contributed by atoms with Crippen molar-refractivity contribution in [2.75, 3.05) is 0 Å². The summed E-state index contributed by atoms with van der Waals surface area (Å²) in [4.78, 5) is 0. The van der Waals surface area contributed by atoms with Crippen LogP contribution < -0.4 is 5.32 Å². The van der Waals surface area contributed by atoms with E-state index in [1.165, 1.54) is 12.8 Å². The molecular weight excluding hydrogens is 190 g/mol. The van der Waals surface area contributed by atoms with Crippen LogP contribution in [0.2, 0.25) is 0 Å². The molecule has 4 atom stereocenters. The maximum Gasteiger partial charge on any atom is 0.0693 e. The molecule has 0 aromatic heterocycles. The van der Waals surface area contributed by atoms with Crippen molar-refractivity contribution in [2.24, 2.45) is 0 Å². The molecule has 2 fully saturated rings. The lowest BCUT2D eigenvalue weighted by Crippen LogP contribution is -2.47. The van der Waals surface area contributed by atoms with Crippen LogP contribution in [0.25, 0.3) is 0 Å². The standard InChI is InChI=1S/C12H23NO2/c14-11-7-3-1-2-5-9(11)13-10-6-4-8-12(10)15/h9-15H,1-8H2/t9?,10-,11?,12-/m0/s1. The third-order valence-electron chi connectivity index (χ3n) is 3.89. The number of rotatable bonds is 2. The van der Waals surface area contributed by atoms with Crippen LogP contribution in [0.1, 0.15) is 51.4 Å². The first kappa shape index (κ1) is 11.4. The first-order valence-corrected chi connectivity index (χ1v) is 6.39. The third-order valence-corrected chi connectivity index (χ3v) is 3.89. The van der Waals surface area contributed by atoms with Crippen LogP contribution >= 0.6 is 0 Å². The summed E-state index contributed by atoms with van der Waals surface area (Å²) in [5.74, 6) is 0. The van der Waals surface area contributed by atoms with E-state index in [1.54, 1.807) is 0 Å². The number of nitrogens with one attached hydrogen (secondary N) is 1. The molecular formula is C12H23NO2. The predicted molar refractivity (Wildman–Crippen MR) is 59.7 cm³/mol. The molecule has 0 aliphatic heterocycles. The fraction of sp³-hybridized carbons (Fsp3) is 1.00. The fourth-order valence-electron chi connectivity index (χ4n) is 2.89. The number of hydrogen-bond donors (Lipinski definition) is 3. The Bertz CT molecular complexity index is 198. The van der Waals surface area contributed by atoms with Crippen molar-refractivity contribution >= 4 is 0 Å². The molecule has 2 unspecified atom stereocenters. The van der Waals surface area contributed by atoms with Crippen LogP contribution in [0.5, 0.6) is 0 Å². The summed E-state index contributed by atoms with van der Waals surface area (Å²) in [6, 6.07) is 0.438. The van der Waals surface area contributed by atoms with Gasteiger partial charge in [0.05, 0.1) is 12.2 Å². The molecule has 0 heterocycles. The van der Waals surface area contributed by atoms with Crippen molar-refractivity contribution in [1.82, 2.24) is 5.32 Å². The van der Waals surface area contributed by atoms with Crippen LogP contribution in [-0.4, -0.2) is 34.5 Å². The van der Waals surface area contributed by atoms with E-state index in [2.05, 4.69) is 5.32 Å². The Labute approximate surface area is 91.9 Å². The van der Waals surface area contributed by atoms with E-state index >= 15 is 0 Å². The minimum atomic E-state index is -0.208. The highest BCUT2D eigenvalue weighted by Crippen LogP contribution is 2.23. The zero-order valence-corrected chi connectivity index (χ0v) is 9.36. The lowest BCUT2D eigenvalue weighted by atomic mass is 10.0. The maximum absolute atomic E-state index is 9.95. The van der Waals surface area contributed by atoms with Crippen molar-refractivity contribution < 1.29 is 10.2 Å². The summed E-state index contributed by atoms with van der Waals surface area (Å²) in [6.45, 7) is 0. The molecule has 0 bridgehead atoms. The Kier molecular flexibility index (Phi) is 4.00. The molecule has 2 aliphatic rings. The molecule has 0 amide bonds. The fourth-order valence-corrected chi connectivity index (χ4v) is 2.89. The lowest BCUT2D eigenvalue weighted by Gasteiger charge is -2.27. The summed E-state index contributed by atoms with van der Waals surface area (Å²) in [7, 11) is 0. The third kappa shape index (κ3) is 2.92. The second-order valence-electron chi connectivity index (χ2n) is 5.08. The molecule has 2 saturated carbocycles. The van der Waals surface area contributed by atoms with Crippen LogP contribution in [-0.2, 0) is 0 Å². The van der Waals surface area contributed by atoms with E-state index in [9.17, 15) is 10.2 Å². The molecule has 3 N–H and O–H groups in total. The second-order valence-corrected chi connectivity index (χ2v) is 5.08. The van der Waals surface area contributed by atoms with Crippen molar-refractivity contribution in [3.63, 3.8) is 0 Å². The van der Waals surface area contributed by atoms with Gasteiger partial charge in [-0.15, -0.1) is 0 Å². The predicted octanol–water partition coefficient (Wildman–Crippen LogP) is 1.18. The van der Waals surface area contributed by atoms with Gasteiger partial charge in [0.15, 0.2) is 0 Å². The topological polar surface area (TPSA) is 52.5 Å². The lowest BCUT2D eigenvalue weighted by molar-refractivity contribution is 0.0891. The Morgan fingerprint density at radius 3 is 1.87 bits per heavy atom. The van der Waals surface area contributed by atoms with Crippen LogP contribution in [0.4, 0.5) is 0 Å². The zero-order chi connectivity index (χ0) is 10.7. The number of hydrogen-bond acceptors (Lipinski definition) is 3. The largest absolute Gasteiger partial charge is 0.392 e. The van der Waals surface area contributed by atoms with Crippen LogP contribution in [0, 0.1) is 0 Å². The Morgan fingerprint density at radius 2 is 1.20 bits per heavy atom. The van der Waals surface area contributed by atoms with Gasteiger partial charge >= 0.3 is 0 Å². The van der Waals surface area contributed by atoms with Gasteiger partial charge in [-0.2, -0.15) is 0 Å². The van der Waals surface area contributed by atoms with E-state index < -0.39 is 0 Å². The van der Waals surface area contributed by atoms with Gasteiger partial charge < -0.3 is 15.5 Å². The molecule has 2 aliphatic carbocycles. The van der Waals surface area contributed by atoms with Gasteiger partial charge in [-0.1, -0.05) is 19.3 Å². The summed E-state index contributed by atoms with van der Waals surface area (Å²) in [5, 5.41) is 23.1. The minimum absolute atomic E-state index is 0.194. The Morgan fingerprint density at radius 1 is 0.667 bits per heavy atom. The van der Waals surface area contributed by atoms with Gasteiger partial charge in [-0.25, -0.2) is 0 Å². The summed E-state index contributed by atoms with van der Waals surface area (Å²) < 4.78 is 0. The van der Waals surface area contributed by atoms with Gasteiger partial charge in [0, 0.05) is 12.1 Å².